The van der Waals surface area contributed by atoms with Crippen molar-refractivity contribution in [2.24, 2.45) is 10.9 Å². The van der Waals surface area contributed by atoms with Crippen molar-refractivity contribution in [1.82, 2.24) is 5.32 Å². The van der Waals surface area contributed by atoms with Gasteiger partial charge in [-0.15, -0.1) is 11.3 Å². The van der Waals surface area contributed by atoms with Crippen LogP contribution >= 0.6 is 23.1 Å². The molecule has 2 rings (SSSR count). The van der Waals surface area contributed by atoms with Crippen molar-refractivity contribution in [3.8, 4) is 0 Å². The first-order chi connectivity index (χ1) is 7.65. The summed E-state index contributed by atoms with van der Waals surface area (Å²) < 4.78 is 0. The van der Waals surface area contributed by atoms with Crippen LogP contribution in [0.2, 0.25) is 0 Å². The summed E-state index contributed by atoms with van der Waals surface area (Å²) in [6.07, 6.45) is 0. The maximum atomic E-state index is 4.53. The topological polar surface area (TPSA) is 24.4 Å². The van der Waals surface area contributed by atoms with Crippen LogP contribution in [0.4, 0.5) is 0 Å². The van der Waals surface area contributed by atoms with Crippen LogP contribution < -0.4 is 5.32 Å². The zero-order valence-corrected chi connectivity index (χ0v) is 11.7. The van der Waals surface area contributed by atoms with E-state index in [1.165, 1.54) is 21.1 Å². The van der Waals surface area contributed by atoms with Crippen LogP contribution in [0.1, 0.15) is 22.2 Å². The van der Waals surface area contributed by atoms with Crippen LogP contribution in [0.5, 0.6) is 0 Å². The van der Waals surface area contributed by atoms with Gasteiger partial charge in [-0.25, -0.2) is 0 Å². The van der Waals surface area contributed by atoms with Crippen LogP contribution in [-0.2, 0) is 6.54 Å². The summed E-state index contributed by atoms with van der Waals surface area (Å²) in [7, 11) is 0. The highest BCUT2D eigenvalue weighted by Gasteiger charge is 2.11. The molecule has 1 N–H and O–H groups in total. The molecule has 0 amide bonds. The van der Waals surface area contributed by atoms with Crippen molar-refractivity contribution in [3.05, 3.63) is 21.4 Å². The van der Waals surface area contributed by atoms with Crippen molar-refractivity contribution in [1.29, 1.82) is 0 Å². The Kier molecular flexibility index (Phi) is 3.92. The van der Waals surface area contributed by atoms with E-state index in [0.29, 0.717) is 0 Å². The normalized spacial score (nSPS) is 20.7. The Hall–Kier alpha value is -0.480. The molecule has 0 saturated carbocycles. The fourth-order valence-corrected chi connectivity index (χ4v) is 3.45. The highest BCUT2D eigenvalue weighted by molar-refractivity contribution is 8.13. The van der Waals surface area contributed by atoms with Gasteiger partial charge in [0.2, 0.25) is 0 Å². The fraction of sp³-hybridized carbons (Fsp3) is 0.583. The maximum Gasteiger partial charge on any atom is 0.156 e. The van der Waals surface area contributed by atoms with Gasteiger partial charge in [0.1, 0.15) is 0 Å². The van der Waals surface area contributed by atoms with Crippen LogP contribution in [0.3, 0.4) is 0 Å². The molecule has 0 spiro atoms. The summed E-state index contributed by atoms with van der Waals surface area (Å²) in [5.74, 6) is 1.91. The maximum absolute atomic E-state index is 4.53. The van der Waals surface area contributed by atoms with Crippen LogP contribution in [0.15, 0.2) is 11.1 Å². The Bertz CT molecular complexity index is 376. The van der Waals surface area contributed by atoms with Crippen LogP contribution in [0.25, 0.3) is 0 Å². The number of amidine groups is 1. The lowest BCUT2D eigenvalue weighted by atomic mass is 10.2. The predicted octanol–water partition coefficient (Wildman–Crippen LogP) is 3.19. The van der Waals surface area contributed by atoms with Gasteiger partial charge in [0.25, 0.3) is 0 Å². The Balaban J connectivity index is 1.88. The molecule has 88 valence electrons. The number of thiophene rings is 1. The van der Waals surface area contributed by atoms with Gasteiger partial charge in [-0.2, -0.15) is 0 Å². The second-order valence-electron chi connectivity index (χ2n) is 4.37. The van der Waals surface area contributed by atoms with Crippen molar-refractivity contribution < 1.29 is 0 Å². The first-order valence-corrected chi connectivity index (χ1v) is 7.42. The molecule has 0 bridgehead atoms. The van der Waals surface area contributed by atoms with Crippen molar-refractivity contribution >= 4 is 28.3 Å². The van der Waals surface area contributed by atoms with E-state index in [1.807, 2.05) is 23.1 Å². The average Bonchev–Trinajstić information content (AvgIpc) is 2.58. The third-order valence-electron chi connectivity index (χ3n) is 2.68. The third-order valence-corrected chi connectivity index (χ3v) is 5.12. The molecule has 16 heavy (non-hydrogen) atoms. The lowest BCUT2D eigenvalue weighted by Crippen LogP contribution is -2.25. The lowest BCUT2D eigenvalue weighted by molar-refractivity contribution is 0.669. The molecular weight excluding hydrogens is 236 g/mol. The smallest absolute Gasteiger partial charge is 0.156 e. The summed E-state index contributed by atoms with van der Waals surface area (Å²) in [4.78, 5) is 7.35. The molecule has 0 fully saturated rings. The van der Waals surface area contributed by atoms with Gasteiger partial charge in [0.15, 0.2) is 5.17 Å². The van der Waals surface area contributed by atoms with E-state index in [2.05, 4.69) is 37.1 Å². The van der Waals surface area contributed by atoms with Crippen LogP contribution in [0, 0.1) is 19.8 Å². The minimum Gasteiger partial charge on any atom is -0.360 e. The van der Waals surface area contributed by atoms with Gasteiger partial charge in [0.05, 0.1) is 6.54 Å². The molecule has 2 nitrogen and oxygen atoms in total. The number of rotatable bonds is 2. The predicted molar refractivity (Wildman–Crippen MR) is 74.6 cm³/mol. The number of hydrogen-bond acceptors (Lipinski definition) is 4. The van der Waals surface area contributed by atoms with E-state index in [9.17, 15) is 0 Å². The van der Waals surface area contributed by atoms with Gasteiger partial charge in [0, 0.05) is 22.1 Å². The second-order valence-corrected chi connectivity index (χ2v) is 6.72. The number of thioether (sulfide) groups is 1. The molecule has 0 aromatic carbocycles. The van der Waals surface area contributed by atoms with Crippen molar-refractivity contribution in [2.45, 2.75) is 27.3 Å². The first kappa shape index (κ1) is 12.0. The Morgan fingerprint density at radius 3 is 2.88 bits per heavy atom. The third kappa shape index (κ3) is 3.01. The van der Waals surface area contributed by atoms with E-state index in [-0.39, 0.29) is 0 Å². The van der Waals surface area contributed by atoms with Crippen LogP contribution in [-0.4, -0.2) is 17.5 Å². The molecule has 2 heterocycles. The Labute approximate surface area is 106 Å². The number of nitrogens with zero attached hydrogens (tertiary/aromatic N) is 1. The molecule has 1 atom stereocenters. The number of hydrogen-bond donors (Lipinski definition) is 1. The summed E-state index contributed by atoms with van der Waals surface area (Å²) in [6, 6.07) is 2.27. The number of aliphatic imine (C=N–C) groups is 1. The Morgan fingerprint density at radius 1 is 1.50 bits per heavy atom. The monoisotopic (exact) mass is 254 g/mol. The minimum absolute atomic E-state index is 0.724. The second kappa shape index (κ2) is 5.23. The molecule has 1 aliphatic heterocycles. The number of nitrogens with one attached hydrogen (secondary N) is 1. The standard InChI is InChI=1S/C12H18N2S2/c1-8-5-13-12(15-7-8)14-6-11-4-9(2)10(3)16-11/h4,8H,5-7H2,1-3H3,(H,13,14). The minimum atomic E-state index is 0.724. The highest BCUT2D eigenvalue weighted by Crippen LogP contribution is 2.21. The summed E-state index contributed by atoms with van der Waals surface area (Å²) in [6.45, 7) is 8.48. The summed E-state index contributed by atoms with van der Waals surface area (Å²) >= 11 is 3.72. The zero-order valence-electron chi connectivity index (χ0n) is 10.0. The van der Waals surface area contributed by atoms with Crippen molar-refractivity contribution in [2.75, 3.05) is 12.3 Å². The largest absolute Gasteiger partial charge is 0.360 e. The van der Waals surface area contributed by atoms with Gasteiger partial charge in [-0.05, 0) is 31.4 Å². The Morgan fingerprint density at radius 2 is 2.31 bits per heavy atom. The average molecular weight is 254 g/mol. The summed E-state index contributed by atoms with van der Waals surface area (Å²) in [5, 5.41) is 4.54. The molecule has 1 aromatic rings. The van der Waals surface area contributed by atoms with E-state index in [1.54, 1.807) is 0 Å². The molecule has 4 heteroatoms. The number of aryl methyl sites for hydroxylation is 2. The summed E-state index contributed by atoms with van der Waals surface area (Å²) in [5.41, 5.74) is 1.40. The SMILES string of the molecule is Cc1cc(CNC2=NCC(C)CS2)sc1C. The van der Waals surface area contributed by atoms with Gasteiger partial charge in [-0.3, -0.25) is 4.99 Å². The quantitative estimate of drug-likeness (QED) is 0.876. The molecule has 0 saturated heterocycles. The van der Waals surface area contributed by atoms with E-state index in [0.717, 1.165) is 24.2 Å². The van der Waals surface area contributed by atoms with E-state index >= 15 is 0 Å². The molecular formula is C12H18N2S2. The molecule has 1 unspecified atom stereocenters. The molecule has 1 aliphatic rings. The zero-order chi connectivity index (χ0) is 11.5. The van der Waals surface area contributed by atoms with Gasteiger partial charge in [-0.1, -0.05) is 18.7 Å². The van der Waals surface area contributed by atoms with E-state index in [4.69, 9.17) is 0 Å². The molecule has 1 aromatic heterocycles. The van der Waals surface area contributed by atoms with Crippen molar-refractivity contribution in [3.63, 3.8) is 0 Å². The van der Waals surface area contributed by atoms with E-state index < -0.39 is 0 Å². The van der Waals surface area contributed by atoms with Gasteiger partial charge < -0.3 is 5.32 Å². The van der Waals surface area contributed by atoms with Gasteiger partial charge >= 0.3 is 0 Å². The molecule has 0 radical (unpaired) electrons. The molecule has 0 aliphatic carbocycles. The first-order valence-electron chi connectivity index (χ1n) is 5.62. The fourth-order valence-electron chi connectivity index (χ4n) is 1.56. The highest BCUT2D eigenvalue weighted by atomic mass is 32.2. The lowest BCUT2D eigenvalue weighted by Gasteiger charge is -2.17.